The van der Waals surface area contributed by atoms with Crippen molar-refractivity contribution in [2.75, 3.05) is 13.2 Å². The molecule has 0 amide bonds. The van der Waals surface area contributed by atoms with Crippen molar-refractivity contribution in [2.24, 2.45) is 17.8 Å². The number of rotatable bonds is 22. The number of carbonyl (C=O) groups excluding carboxylic acids is 1. The number of benzene rings is 1. The molecule has 2 rings (SSSR count). The summed E-state index contributed by atoms with van der Waals surface area (Å²) in [6.45, 7) is 24.3. The molecule has 0 saturated carbocycles. The van der Waals surface area contributed by atoms with Gasteiger partial charge in [-0.05, 0) is 92.9 Å². The third kappa shape index (κ3) is 16.5. The average Bonchev–Trinajstić information content (AvgIpc) is 3.01. The van der Waals surface area contributed by atoms with Crippen LogP contribution in [0.5, 0.6) is 11.5 Å². The Balaban J connectivity index is 0.00000249. The van der Waals surface area contributed by atoms with E-state index in [1.54, 1.807) is 0 Å². The zero-order chi connectivity index (χ0) is 34.5. The van der Waals surface area contributed by atoms with Crippen LogP contribution in [0.4, 0.5) is 0 Å². The molecule has 0 fully saturated rings. The van der Waals surface area contributed by atoms with Crippen molar-refractivity contribution in [2.45, 2.75) is 165 Å². The molecule has 1 aliphatic heterocycles. The van der Waals surface area contributed by atoms with Gasteiger partial charge in [0.15, 0.2) is 6.61 Å². The Kier molecular flexibility index (Phi) is 21.9. The molecular weight excluding hydrogens is 602 g/mol. The summed E-state index contributed by atoms with van der Waals surface area (Å²) in [6.07, 6.45) is 16.2. The van der Waals surface area contributed by atoms with Crippen molar-refractivity contribution in [1.29, 1.82) is 0 Å². The second-order valence-corrected chi connectivity index (χ2v) is 14.4. The fraction of sp³-hybridized carbons (Fsp3) is 0.811. The van der Waals surface area contributed by atoms with Gasteiger partial charge >= 0.3 is 5.97 Å². The Morgan fingerprint density at radius 2 is 1.50 bits per heavy atom. The van der Waals surface area contributed by atoms with E-state index in [0.717, 1.165) is 59.5 Å². The fourth-order valence-corrected chi connectivity index (χ4v) is 5.99. The van der Waals surface area contributed by atoms with E-state index in [2.05, 4.69) is 75.2 Å². The highest BCUT2D eigenvalue weighted by Crippen LogP contribution is 2.45. The highest BCUT2D eigenvalue weighted by atomic mass is 32.2. The minimum absolute atomic E-state index is 0.164. The molecule has 8 nitrogen and oxygen atoms in total. The molecule has 0 saturated heterocycles. The Morgan fingerprint density at radius 3 is 2.09 bits per heavy atom. The molecule has 0 aliphatic carbocycles. The lowest BCUT2D eigenvalue weighted by atomic mass is 9.83. The van der Waals surface area contributed by atoms with Crippen LogP contribution in [-0.4, -0.2) is 24.7 Å². The second-order valence-electron chi connectivity index (χ2n) is 14.0. The van der Waals surface area contributed by atoms with Crippen molar-refractivity contribution in [3.8, 4) is 11.5 Å². The molecule has 0 spiro atoms. The quantitative estimate of drug-likeness (QED) is 0.0561. The van der Waals surface area contributed by atoms with Gasteiger partial charge in [-0.2, -0.15) is 5.48 Å². The maximum absolute atomic E-state index is 12.1. The molecule has 1 aromatic rings. The third-order valence-corrected chi connectivity index (χ3v) is 9.46. The zero-order valence-electron chi connectivity index (χ0n) is 31.1. The van der Waals surface area contributed by atoms with Gasteiger partial charge < -0.3 is 13.7 Å². The zero-order valence-corrected chi connectivity index (χ0v) is 31.9. The minimum atomic E-state index is -0.601. The van der Waals surface area contributed by atoms with Crippen LogP contribution in [0.25, 0.3) is 0 Å². The highest BCUT2D eigenvalue weighted by Gasteiger charge is 2.34. The van der Waals surface area contributed by atoms with E-state index in [1.165, 1.54) is 69.8 Å². The van der Waals surface area contributed by atoms with E-state index >= 15 is 0 Å². The van der Waals surface area contributed by atoms with Gasteiger partial charge in [-0.25, -0.2) is 4.79 Å². The molecule has 1 aliphatic rings. The predicted molar refractivity (Wildman–Crippen MR) is 189 cm³/mol. The number of fused-ring (bicyclic) bond motifs is 1. The first-order valence-corrected chi connectivity index (χ1v) is 18.6. The number of hydrogen-bond donors (Lipinski definition) is 1. The van der Waals surface area contributed by atoms with Crippen LogP contribution < -0.4 is 15.0 Å². The van der Waals surface area contributed by atoms with Crippen LogP contribution in [0.2, 0.25) is 0 Å². The summed E-state index contributed by atoms with van der Waals surface area (Å²) in [4.78, 5) is 16.5. The summed E-state index contributed by atoms with van der Waals surface area (Å²) in [5, 5.41) is 4.32. The lowest BCUT2D eigenvalue weighted by Crippen LogP contribution is -2.37. The number of hydrogen-bond acceptors (Lipinski definition) is 9. The van der Waals surface area contributed by atoms with Crippen LogP contribution in [0.15, 0.2) is 0 Å². The summed E-state index contributed by atoms with van der Waals surface area (Å²) in [5.74, 6) is 3.52. The van der Waals surface area contributed by atoms with Crippen molar-refractivity contribution in [1.82, 2.24) is 5.48 Å². The highest BCUT2D eigenvalue weighted by molar-refractivity contribution is 7.90. The monoisotopic (exact) mass is 669 g/mol. The van der Waals surface area contributed by atoms with Crippen molar-refractivity contribution in [3.63, 3.8) is 0 Å². The summed E-state index contributed by atoms with van der Waals surface area (Å²) in [7, 11) is 0. The smallest absolute Gasteiger partial charge is 0.358 e. The third-order valence-electron chi connectivity index (χ3n) is 9.09. The summed E-state index contributed by atoms with van der Waals surface area (Å²) < 4.78 is 22.0. The largest absolute Gasteiger partial charge is 0.487 e. The average molecular weight is 670 g/mol. The van der Waals surface area contributed by atoms with Crippen LogP contribution in [-0.2, 0) is 29.8 Å². The molecule has 1 aromatic carbocycles. The first-order chi connectivity index (χ1) is 21.9. The molecule has 3 atom stereocenters. The molecule has 0 bridgehead atoms. The molecular formula is C37H67NO7S. The molecule has 268 valence electrons. The Bertz CT molecular complexity index is 987. The van der Waals surface area contributed by atoms with Crippen molar-refractivity contribution in [3.05, 3.63) is 22.3 Å². The number of carbonyl (C=O) groups is 1. The first-order valence-electron chi connectivity index (χ1n) is 17.9. The lowest BCUT2D eigenvalue weighted by molar-refractivity contribution is -0.487. The number of ether oxygens (including phenoxy) is 2. The lowest BCUT2D eigenvalue weighted by Gasteiger charge is -2.38. The van der Waals surface area contributed by atoms with Crippen molar-refractivity contribution < 1.29 is 32.8 Å². The first kappa shape index (κ1) is 42.5. The van der Waals surface area contributed by atoms with Crippen LogP contribution in [0.1, 0.15) is 155 Å². The molecule has 0 unspecified atom stereocenters. The summed E-state index contributed by atoms with van der Waals surface area (Å²) in [6, 6.07) is 0. The van der Waals surface area contributed by atoms with Gasteiger partial charge in [0.05, 0.1) is 0 Å². The van der Waals surface area contributed by atoms with Gasteiger partial charge in [0.2, 0.25) is 0 Å². The SMILES string of the molecule is CCCC.CCNOOOSOC(=O)COc1c(C)c(C)c2c(c1C)CC[C@@](C)(CCC[C@H](C)CCC[C@H](C)CCCC(C)C)O2. The number of unbranched alkanes of at least 4 members (excludes halogenated alkanes) is 1. The fourth-order valence-electron chi connectivity index (χ4n) is 5.79. The molecule has 1 N–H and O–H groups in total. The molecule has 0 radical (unpaired) electrons. The second kappa shape index (κ2) is 23.7. The molecule has 9 heteroatoms. The van der Waals surface area contributed by atoms with Crippen LogP contribution >= 0.6 is 12.3 Å². The number of hydroxylamine groups is 1. The van der Waals surface area contributed by atoms with E-state index in [4.69, 9.17) is 13.7 Å². The number of nitrogens with one attached hydrogen (secondary N) is 1. The maximum Gasteiger partial charge on any atom is 0.358 e. The van der Waals surface area contributed by atoms with Crippen molar-refractivity contribution >= 4 is 18.3 Å². The molecule has 46 heavy (non-hydrogen) atoms. The van der Waals surface area contributed by atoms with E-state index in [9.17, 15) is 4.79 Å². The minimum Gasteiger partial charge on any atom is -0.487 e. The summed E-state index contributed by atoms with van der Waals surface area (Å²) >= 11 is 0.360. The molecule has 0 aromatic heterocycles. The van der Waals surface area contributed by atoms with Gasteiger partial charge in [-0.15, -0.1) is 4.99 Å². The van der Waals surface area contributed by atoms with Gasteiger partial charge in [0.25, 0.3) is 12.3 Å². The Morgan fingerprint density at radius 1 is 0.891 bits per heavy atom. The van der Waals surface area contributed by atoms with Crippen LogP contribution in [0.3, 0.4) is 0 Å². The topological polar surface area (TPSA) is 84.5 Å². The summed E-state index contributed by atoms with van der Waals surface area (Å²) in [5.41, 5.74) is 6.48. The standard InChI is InChI=1S/C33H57NO7S.C4H10/c1-10-34-39-40-41-42-38-30(35)22-36-31-26(6)27(7)32-29(28(31)8)19-21-33(9,37-32)20-13-18-25(5)17-12-16-24(4)15-11-14-23(2)3;1-3-4-2/h23-25,34H,10-22H2,1-9H3;3-4H2,1-2H3/t24-,25-,33-;/m1./s1. The van der Waals surface area contributed by atoms with E-state index in [0.29, 0.717) is 24.6 Å². The van der Waals surface area contributed by atoms with Gasteiger partial charge in [-0.3, -0.25) is 0 Å². The Hall–Kier alpha value is -1.52. The normalized spacial score (nSPS) is 17.0. The van der Waals surface area contributed by atoms with E-state index in [-0.39, 0.29) is 12.2 Å². The van der Waals surface area contributed by atoms with E-state index < -0.39 is 5.97 Å². The predicted octanol–water partition coefficient (Wildman–Crippen LogP) is 10.8. The molecule has 1 heterocycles. The maximum atomic E-state index is 12.1. The van der Waals surface area contributed by atoms with Gasteiger partial charge in [0.1, 0.15) is 17.1 Å². The van der Waals surface area contributed by atoms with E-state index in [1.807, 2.05) is 20.8 Å². The van der Waals surface area contributed by atoms with Gasteiger partial charge in [0, 0.05) is 12.1 Å². The Labute approximate surface area is 285 Å². The van der Waals surface area contributed by atoms with Crippen LogP contribution in [0, 0.1) is 38.5 Å². The van der Waals surface area contributed by atoms with Gasteiger partial charge in [-0.1, -0.05) is 111 Å².